The molecule has 3 aromatic rings. The fraction of sp³-hybridized carbons (Fsp3) is 0.423. The predicted octanol–water partition coefficient (Wildman–Crippen LogP) is 4.50. The maximum absolute atomic E-state index is 10.5. The number of hydrogen-bond donors (Lipinski definition) is 1. The van der Waals surface area contributed by atoms with Crippen LogP contribution in [0.3, 0.4) is 0 Å². The van der Waals surface area contributed by atoms with Crippen LogP contribution in [-0.2, 0) is 18.3 Å². The lowest BCUT2D eigenvalue weighted by Crippen LogP contribution is -2.39. The smallest absolute Gasteiger partial charge is 0.222 e. The number of rotatable bonds is 12. The molecular formula is C26H35N3O4. The molecule has 0 aliphatic rings. The zero-order valence-corrected chi connectivity index (χ0v) is 20.2. The van der Waals surface area contributed by atoms with Crippen LogP contribution in [0.4, 0.5) is 0 Å². The fourth-order valence-electron chi connectivity index (χ4n) is 3.78. The molecule has 0 saturated heterocycles. The van der Waals surface area contributed by atoms with Crippen LogP contribution in [0.15, 0.2) is 54.6 Å². The summed E-state index contributed by atoms with van der Waals surface area (Å²) in [7, 11) is 5.14. The number of nitrogens with zero attached hydrogens (tertiary/aromatic N) is 3. The molecule has 33 heavy (non-hydrogen) atoms. The number of hydrogen-bond acceptors (Lipinski definition) is 6. The Morgan fingerprint density at radius 2 is 1.70 bits per heavy atom. The van der Waals surface area contributed by atoms with E-state index in [9.17, 15) is 5.11 Å². The number of ether oxygens (including phenoxy) is 3. The van der Waals surface area contributed by atoms with Crippen molar-refractivity contribution in [2.24, 2.45) is 7.05 Å². The molecule has 0 spiro atoms. The Labute approximate surface area is 196 Å². The van der Waals surface area contributed by atoms with Gasteiger partial charge in [-0.05, 0) is 37.6 Å². The summed E-state index contributed by atoms with van der Waals surface area (Å²) < 4.78 is 18.5. The van der Waals surface area contributed by atoms with Gasteiger partial charge in [-0.2, -0.15) is 5.10 Å². The van der Waals surface area contributed by atoms with Crippen LogP contribution in [-0.4, -0.2) is 59.3 Å². The van der Waals surface area contributed by atoms with Gasteiger partial charge >= 0.3 is 0 Å². The summed E-state index contributed by atoms with van der Waals surface area (Å²) in [5, 5.41) is 15.3. The van der Waals surface area contributed by atoms with Gasteiger partial charge in [-0.3, -0.25) is 4.90 Å². The van der Waals surface area contributed by atoms with Gasteiger partial charge in [0.1, 0.15) is 17.2 Å². The molecule has 0 aliphatic heterocycles. The minimum absolute atomic E-state index is 0.258. The second-order valence-corrected chi connectivity index (χ2v) is 8.20. The normalized spacial score (nSPS) is 13.2. The van der Waals surface area contributed by atoms with Crippen molar-refractivity contribution in [1.82, 2.24) is 14.7 Å². The van der Waals surface area contributed by atoms with Crippen LogP contribution in [0.2, 0.25) is 0 Å². The van der Waals surface area contributed by atoms with Gasteiger partial charge in [0.25, 0.3) is 0 Å². The summed E-state index contributed by atoms with van der Waals surface area (Å²) in [4.78, 5) is 2.26. The summed E-state index contributed by atoms with van der Waals surface area (Å²) in [6.07, 6.45) is 0.377. The molecule has 1 aromatic heterocycles. The zero-order chi connectivity index (χ0) is 23.8. The Morgan fingerprint density at radius 3 is 2.30 bits per heavy atom. The number of aryl methyl sites for hydroxylation is 1. The minimum Gasteiger partial charge on any atom is -0.497 e. The molecule has 2 atom stereocenters. The highest BCUT2D eigenvalue weighted by Gasteiger charge is 2.25. The number of methoxy groups -OCH3 is 2. The van der Waals surface area contributed by atoms with E-state index in [1.54, 1.807) is 18.9 Å². The molecule has 7 heteroatoms. The standard InChI is InChI=1S/C26H35N3O4/c1-6-19(2)29(16-21(30)18-31-4)17-24-25(20-10-8-7-9-11-20)27-28(3)26(24)33-23-14-12-22(32-5)13-15-23/h7-15,19,21,30H,6,16-18H2,1-5H3/t19-,21-/m1/s1. The fourth-order valence-corrected chi connectivity index (χ4v) is 3.78. The molecule has 3 rings (SSSR count). The second-order valence-electron chi connectivity index (χ2n) is 8.20. The van der Waals surface area contributed by atoms with Gasteiger partial charge in [-0.25, -0.2) is 4.68 Å². The molecule has 0 fully saturated rings. The third-order valence-electron chi connectivity index (χ3n) is 5.79. The van der Waals surface area contributed by atoms with E-state index in [2.05, 4.69) is 30.9 Å². The van der Waals surface area contributed by atoms with Crippen LogP contribution in [0, 0.1) is 0 Å². The molecule has 0 radical (unpaired) electrons. The van der Waals surface area contributed by atoms with E-state index >= 15 is 0 Å². The van der Waals surface area contributed by atoms with Crippen molar-refractivity contribution in [1.29, 1.82) is 0 Å². The number of aliphatic hydroxyl groups excluding tert-OH is 1. The first-order valence-electron chi connectivity index (χ1n) is 11.3. The van der Waals surface area contributed by atoms with Crippen molar-refractivity contribution in [3.63, 3.8) is 0 Å². The van der Waals surface area contributed by atoms with Gasteiger partial charge in [0.15, 0.2) is 0 Å². The summed E-state index contributed by atoms with van der Waals surface area (Å²) in [6, 6.07) is 17.9. The largest absolute Gasteiger partial charge is 0.497 e. The molecule has 7 nitrogen and oxygen atoms in total. The van der Waals surface area contributed by atoms with Crippen molar-refractivity contribution in [3.05, 3.63) is 60.2 Å². The van der Waals surface area contributed by atoms with E-state index in [0.717, 1.165) is 29.0 Å². The number of benzene rings is 2. The Hall–Kier alpha value is -2.87. The SMILES string of the molecule is CC[C@@H](C)N(Cc1c(-c2ccccc2)nn(C)c1Oc1ccc(OC)cc1)C[C@@H](O)COC. The Bertz CT molecular complexity index is 989. The molecule has 0 bridgehead atoms. The molecule has 2 aromatic carbocycles. The lowest BCUT2D eigenvalue weighted by molar-refractivity contribution is 0.0253. The molecule has 0 unspecified atom stereocenters. The third-order valence-corrected chi connectivity index (χ3v) is 5.79. The van der Waals surface area contributed by atoms with Gasteiger partial charge in [0.05, 0.1) is 25.4 Å². The molecule has 0 aliphatic carbocycles. The van der Waals surface area contributed by atoms with E-state index < -0.39 is 6.10 Å². The molecule has 1 N–H and O–H groups in total. The molecular weight excluding hydrogens is 418 g/mol. The van der Waals surface area contributed by atoms with Crippen LogP contribution in [0.1, 0.15) is 25.8 Å². The van der Waals surface area contributed by atoms with Crippen molar-refractivity contribution < 1.29 is 19.3 Å². The summed E-state index contributed by atoms with van der Waals surface area (Å²) >= 11 is 0. The third kappa shape index (κ3) is 6.35. The number of aromatic nitrogens is 2. The molecule has 0 saturated carbocycles. The van der Waals surface area contributed by atoms with Crippen molar-refractivity contribution in [2.75, 3.05) is 27.4 Å². The van der Waals surface area contributed by atoms with Crippen LogP contribution >= 0.6 is 0 Å². The zero-order valence-electron chi connectivity index (χ0n) is 20.2. The molecule has 178 valence electrons. The van der Waals surface area contributed by atoms with E-state index in [0.29, 0.717) is 31.3 Å². The Morgan fingerprint density at radius 1 is 1.03 bits per heavy atom. The van der Waals surface area contributed by atoms with E-state index in [4.69, 9.17) is 19.3 Å². The lowest BCUT2D eigenvalue weighted by atomic mass is 10.1. The molecule has 1 heterocycles. The number of aliphatic hydroxyl groups is 1. The Balaban J connectivity index is 2.01. The first-order chi connectivity index (χ1) is 16.0. The van der Waals surface area contributed by atoms with Gasteiger partial charge < -0.3 is 19.3 Å². The van der Waals surface area contributed by atoms with Crippen molar-refractivity contribution in [2.45, 2.75) is 39.0 Å². The van der Waals surface area contributed by atoms with Crippen LogP contribution in [0.25, 0.3) is 11.3 Å². The van der Waals surface area contributed by atoms with Crippen molar-refractivity contribution >= 4 is 0 Å². The van der Waals surface area contributed by atoms with E-state index in [1.807, 2.05) is 49.5 Å². The maximum Gasteiger partial charge on any atom is 0.222 e. The Kier molecular flexibility index (Phi) is 8.88. The summed E-state index contributed by atoms with van der Waals surface area (Å²) in [5.74, 6) is 2.15. The quantitative estimate of drug-likeness (QED) is 0.436. The molecule has 0 amide bonds. The highest BCUT2D eigenvalue weighted by molar-refractivity contribution is 5.65. The second kappa shape index (κ2) is 11.8. The van der Waals surface area contributed by atoms with E-state index in [1.165, 1.54) is 0 Å². The van der Waals surface area contributed by atoms with Gasteiger partial charge in [-0.1, -0.05) is 37.3 Å². The summed E-state index contributed by atoms with van der Waals surface area (Å²) in [5.41, 5.74) is 2.87. The van der Waals surface area contributed by atoms with Crippen LogP contribution < -0.4 is 9.47 Å². The van der Waals surface area contributed by atoms with E-state index in [-0.39, 0.29) is 6.04 Å². The predicted molar refractivity (Wildman–Crippen MR) is 130 cm³/mol. The maximum atomic E-state index is 10.5. The first-order valence-corrected chi connectivity index (χ1v) is 11.3. The minimum atomic E-state index is -0.577. The average molecular weight is 454 g/mol. The highest BCUT2D eigenvalue weighted by atomic mass is 16.5. The van der Waals surface area contributed by atoms with Crippen LogP contribution in [0.5, 0.6) is 17.4 Å². The first kappa shape index (κ1) is 24.8. The summed E-state index contributed by atoms with van der Waals surface area (Å²) in [6.45, 7) is 5.69. The van der Waals surface area contributed by atoms with Gasteiger partial charge in [0.2, 0.25) is 5.88 Å². The lowest BCUT2D eigenvalue weighted by Gasteiger charge is -2.30. The topological polar surface area (TPSA) is 69.0 Å². The highest BCUT2D eigenvalue weighted by Crippen LogP contribution is 2.35. The van der Waals surface area contributed by atoms with Crippen molar-refractivity contribution in [3.8, 4) is 28.6 Å². The monoisotopic (exact) mass is 453 g/mol. The van der Waals surface area contributed by atoms with Gasteiger partial charge in [0, 0.05) is 38.9 Å². The average Bonchev–Trinajstić information content (AvgIpc) is 3.14. The van der Waals surface area contributed by atoms with Gasteiger partial charge in [-0.15, -0.1) is 0 Å².